The summed E-state index contributed by atoms with van der Waals surface area (Å²) in [5, 5.41) is 0. The lowest BCUT2D eigenvalue weighted by Gasteiger charge is -2.57. The molecule has 21 heavy (non-hydrogen) atoms. The third-order valence-electron chi connectivity index (χ3n) is 6.50. The fourth-order valence-electron chi connectivity index (χ4n) is 5.94. The Morgan fingerprint density at radius 3 is 2.05 bits per heavy atom. The minimum Gasteiger partial charge on any atom is -0.496 e. The van der Waals surface area contributed by atoms with Crippen molar-refractivity contribution < 1.29 is 4.74 Å². The standard InChI is InChI=1S/C20H28O/c1-13(2)17-4-5-19(21-3)18(9-17)20-10-14-6-15(11-20)8-16(7-14)12-20/h4-5,9,13-16H,6-8,10-12H2,1-3H3. The molecule has 5 rings (SSSR count). The average molecular weight is 284 g/mol. The number of hydrogen-bond donors (Lipinski definition) is 0. The van der Waals surface area contributed by atoms with Gasteiger partial charge >= 0.3 is 0 Å². The SMILES string of the molecule is COc1ccc(C(C)C)cc1C12CC3CC(CC(C3)C1)C2. The normalized spacial score (nSPS) is 37.2. The van der Waals surface area contributed by atoms with Gasteiger partial charge in [-0.05, 0) is 79.2 Å². The van der Waals surface area contributed by atoms with E-state index in [4.69, 9.17) is 4.74 Å². The Kier molecular flexibility index (Phi) is 3.10. The fraction of sp³-hybridized carbons (Fsp3) is 0.700. The van der Waals surface area contributed by atoms with Crippen LogP contribution in [0.4, 0.5) is 0 Å². The molecule has 0 saturated heterocycles. The van der Waals surface area contributed by atoms with Gasteiger partial charge in [0.05, 0.1) is 7.11 Å². The lowest BCUT2D eigenvalue weighted by molar-refractivity contribution is -0.00619. The summed E-state index contributed by atoms with van der Waals surface area (Å²) >= 11 is 0. The van der Waals surface area contributed by atoms with Gasteiger partial charge in [-0.1, -0.05) is 26.0 Å². The van der Waals surface area contributed by atoms with Gasteiger partial charge in [-0.25, -0.2) is 0 Å². The van der Waals surface area contributed by atoms with Crippen LogP contribution in [0.5, 0.6) is 5.75 Å². The molecule has 0 amide bonds. The van der Waals surface area contributed by atoms with Gasteiger partial charge in [0.2, 0.25) is 0 Å². The van der Waals surface area contributed by atoms with Crippen molar-refractivity contribution in [3.63, 3.8) is 0 Å². The first-order valence-corrected chi connectivity index (χ1v) is 8.78. The zero-order chi connectivity index (χ0) is 14.6. The molecule has 0 unspecified atom stereocenters. The first kappa shape index (κ1) is 13.7. The van der Waals surface area contributed by atoms with E-state index in [1.165, 1.54) is 49.7 Å². The van der Waals surface area contributed by atoms with Crippen molar-refractivity contribution in [2.75, 3.05) is 7.11 Å². The van der Waals surface area contributed by atoms with Crippen LogP contribution in [0.1, 0.15) is 69.4 Å². The van der Waals surface area contributed by atoms with Crippen LogP contribution in [0.3, 0.4) is 0 Å². The van der Waals surface area contributed by atoms with Gasteiger partial charge in [-0.3, -0.25) is 0 Å². The summed E-state index contributed by atoms with van der Waals surface area (Å²) in [6.07, 6.45) is 8.76. The van der Waals surface area contributed by atoms with E-state index in [-0.39, 0.29) is 0 Å². The second kappa shape index (κ2) is 4.76. The Labute approximate surface area is 129 Å². The lowest BCUT2D eigenvalue weighted by atomic mass is 9.48. The van der Waals surface area contributed by atoms with Crippen LogP contribution < -0.4 is 4.74 Å². The molecule has 4 aliphatic rings. The highest BCUT2D eigenvalue weighted by atomic mass is 16.5. The summed E-state index contributed by atoms with van der Waals surface area (Å²) in [6, 6.07) is 6.97. The van der Waals surface area contributed by atoms with Gasteiger partial charge in [-0.2, -0.15) is 0 Å². The molecule has 1 nitrogen and oxygen atoms in total. The second-order valence-corrected chi connectivity index (χ2v) is 8.31. The van der Waals surface area contributed by atoms with Crippen LogP contribution >= 0.6 is 0 Å². The Bertz CT molecular complexity index is 507. The average Bonchev–Trinajstić information content (AvgIpc) is 2.45. The van der Waals surface area contributed by atoms with E-state index >= 15 is 0 Å². The molecule has 4 aliphatic carbocycles. The van der Waals surface area contributed by atoms with E-state index < -0.39 is 0 Å². The lowest BCUT2D eigenvalue weighted by Crippen LogP contribution is -2.48. The molecular formula is C20H28O. The van der Waals surface area contributed by atoms with E-state index in [0.29, 0.717) is 11.3 Å². The maximum Gasteiger partial charge on any atom is 0.122 e. The summed E-state index contributed by atoms with van der Waals surface area (Å²) < 4.78 is 5.77. The summed E-state index contributed by atoms with van der Waals surface area (Å²) in [4.78, 5) is 0. The molecule has 0 atom stereocenters. The quantitative estimate of drug-likeness (QED) is 0.733. The number of ether oxygens (including phenoxy) is 1. The Morgan fingerprint density at radius 1 is 1.00 bits per heavy atom. The molecule has 0 spiro atoms. The van der Waals surface area contributed by atoms with E-state index in [0.717, 1.165) is 23.5 Å². The van der Waals surface area contributed by atoms with Crippen LogP contribution in [-0.4, -0.2) is 7.11 Å². The Hall–Kier alpha value is -0.980. The number of hydrogen-bond acceptors (Lipinski definition) is 1. The fourth-order valence-corrected chi connectivity index (χ4v) is 5.94. The minimum atomic E-state index is 0.436. The zero-order valence-corrected chi connectivity index (χ0v) is 13.7. The first-order chi connectivity index (χ1) is 10.1. The second-order valence-electron chi connectivity index (χ2n) is 8.31. The molecule has 0 aromatic heterocycles. The minimum absolute atomic E-state index is 0.436. The highest BCUT2D eigenvalue weighted by molar-refractivity contribution is 5.45. The summed E-state index contributed by atoms with van der Waals surface area (Å²) in [7, 11) is 1.84. The predicted molar refractivity (Wildman–Crippen MR) is 86.9 cm³/mol. The van der Waals surface area contributed by atoms with Crippen molar-refractivity contribution in [1.82, 2.24) is 0 Å². The maximum atomic E-state index is 5.77. The summed E-state index contributed by atoms with van der Waals surface area (Å²) in [5.74, 6) is 4.71. The molecular weight excluding hydrogens is 256 g/mol. The number of rotatable bonds is 3. The van der Waals surface area contributed by atoms with Gasteiger partial charge in [0, 0.05) is 5.56 Å². The van der Waals surface area contributed by atoms with Gasteiger partial charge < -0.3 is 4.74 Å². The topological polar surface area (TPSA) is 9.23 Å². The molecule has 114 valence electrons. The van der Waals surface area contributed by atoms with Crippen LogP contribution in [-0.2, 0) is 5.41 Å². The zero-order valence-electron chi connectivity index (χ0n) is 13.7. The van der Waals surface area contributed by atoms with Gasteiger partial charge in [-0.15, -0.1) is 0 Å². The third-order valence-corrected chi connectivity index (χ3v) is 6.50. The third kappa shape index (κ3) is 2.12. The molecule has 1 aromatic carbocycles. The molecule has 4 saturated carbocycles. The molecule has 0 N–H and O–H groups in total. The first-order valence-electron chi connectivity index (χ1n) is 8.78. The molecule has 1 aromatic rings. The van der Waals surface area contributed by atoms with E-state index in [1.54, 1.807) is 0 Å². The van der Waals surface area contributed by atoms with Crippen molar-refractivity contribution in [1.29, 1.82) is 0 Å². The van der Waals surface area contributed by atoms with Crippen LogP contribution in [0.25, 0.3) is 0 Å². The van der Waals surface area contributed by atoms with Crippen molar-refractivity contribution in [3.8, 4) is 5.75 Å². The van der Waals surface area contributed by atoms with Crippen LogP contribution in [0, 0.1) is 17.8 Å². The Morgan fingerprint density at radius 2 is 1.57 bits per heavy atom. The Balaban J connectivity index is 1.79. The largest absolute Gasteiger partial charge is 0.496 e. The van der Waals surface area contributed by atoms with Crippen LogP contribution in [0.15, 0.2) is 18.2 Å². The molecule has 0 radical (unpaired) electrons. The van der Waals surface area contributed by atoms with Gasteiger partial charge in [0.15, 0.2) is 0 Å². The molecule has 0 aliphatic heterocycles. The van der Waals surface area contributed by atoms with Crippen LogP contribution in [0.2, 0.25) is 0 Å². The predicted octanol–water partition coefficient (Wildman–Crippen LogP) is 5.29. The van der Waals surface area contributed by atoms with Gasteiger partial charge in [0.25, 0.3) is 0 Å². The summed E-state index contributed by atoms with van der Waals surface area (Å²) in [6.45, 7) is 4.59. The van der Waals surface area contributed by atoms with Crippen molar-refractivity contribution in [2.45, 2.75) is 63.7 Å². The highest BCUT2D eigenvalue weighted by Crippen LogP contribution is 2.62. The molecule has 4 bridgehead atoms. The molecule has 0 heterocycles. The maximum absolute atomic E-state index is 5.77. The monoisotopic (exact) mass is 284 g/mol. The number of benzene rings is 1. The van der Waals surface area contributed by atoms with E-state index in [1.807, 2.05) is 7.11 Å². The van der Waals surface area contributed by atoms with E-state index in [9.17, 15) is 0 Å². The smallest absolute Gasteiger partial charge is 0.122 e. The number of methoxy groups -OCH3 is 1. The van der Waals surface area contributed by atoms with Crippen molar-refractivity contribution >= 4 is 0 Å². The van der Waals surface area contributed by atoms with Crippen molar-refractivity contribution in [3.05, 3.63) is 29.3 Å². The summed E-state index contributed by atoms with van der Waals surface area (Å²) in [5.41, 5.74) is 3.45. The molecule has 4 fully saturated rings. The highest BCUT2D eigenvalue weighted by Gasteiger charge is 2.52. The van der Waals surface area contributed by atoms with Crippen molar-refractivity contribution in [2.24, 2.45) is 17.8 Å². The molecule has 1 heteroatoms. The van der Waals surface area contributed by atoms with Gasteiger partial charge in [0.1, 0.15) is 5.75 Å². The van der Waals surface area contributed by atoms with E-state index in [2.05, 4.69) is 32.0 Å².